The Kier molecular flexibility index (Phi) is 4.05. The summed E-state index contributed by atoms with van der Waals surface area (Å²) in [7, 11) is 0. The monoisotopic (exact) mass is 279 g/mol. The van der Waals surface area contributed by atoms with Crippen LogP contribution in [0, 0.1) is 0 Å². The highest BCUT2D eigenvalue weighted by atomic mass is 32.2. The number of fused-ring (bicyclic) bond motifs is 1. The summed E-state index contributed by atoms with van der Waals surface area (Å²) in [5, 5.41) is 2.58. The quantitative estimate of drug-likeness (QED) is 0.761. The molecule has 0 aliphatic carbocycles. The van der Waals surface area contributed by atoms with Crippen LogP contribution in [0.3, 0.4) is 0 Å². The minimum atomic E-state index is 0.706. The standard InChI is InChI=1S/C18H17NS/c19-12-11-14-5-8-17(9-6-14)20-18-10-7-15-3-1-2-4-16(15)13-18/h1-10,13H,11-12,19H2. The molecule has 0 heterocycles. The number of hydrogen-bond acceptors (Lipinski definition) is 2. The zero-order chi connectivity index (χ0) is 13.8. The van der Waals surface area contributed by atoms with Gasteiger partial charge in [-0.3, -0.25) is 0 Å². The Hall–Kier alpha value is -1.77. The van der Waals surface area contributed by atoms with E-state index < -0.39 is 0 Å². The van der Waals surface area contributed by atoms with Crippen LogP contribution in [-0.4, -0.2) is 6.54 Å². The van der Waals surface area contributed by atoms with Crippen molar-refractivity contribution in [2.24, 2.45) is 5.73 Å². The Bertz CT molecular complexity index is 704. The highest BCUT2D eigenvalue weighted by Crippen LogP contribution is 2.30. The van der Waals surface area contributed by atoms with Crippen LogP contribution in [0.5, 0.6) is 0 Å². The topological polar surface area (TPSA) is 26.0 Å². The smallest absolute Gasteiger partial charge is 0.0128 e. The van der Waals surface area contributed by atoms with Crippen LogP contribution < -0.4 is 5.73 Å². The maximum absolute atomic E-state index is 5.57. The molecule has 0 radical (unpaired) electrons. The first-order valence-electron chi connectivity index (χ1n) is 6.81. The summed E-state index contributed by atoms with van der Waals surface area (Å²) < 4.78 is 0. The van der Waals surface area contributed by atoms with Gasteiger partial charge in [-0.05, 0) is 53.6 Å². The van der Waals surface area contributed by atoms with Crippen molar-refractivity contribution in [3.8, 4) is 0 Å². The van der Waals surface area contributed by atoms with Crippen molar-refractivity contribution in [3.05, 3.63) is 72.3 Å². The summed E-state index contributed by atoms with van der Waals surface area (Å²) in [5.74, 6) is 0. The van der Waals surface area contributed by atoms with Gasteiger partial charge in [0.05, 0.1) is 0 Å². The third kappa shape index (κ3) is 3.03. The SMILES string of the molecule is NCCc1ccc(Sc2ccc3ccccc3c2)cc1. The molecule has 2 N–H and O–H groups in total. The van der Waals surface area contributed by atoms with Crippen LogP contribution in [0.25, 0.3) is 10.8 Å². The Morgan fingerprint density at radius 3 is 2.20 bits per heavy atom. The van der Waals surface area contributed by atoms with Gasteiger partial charge >= 0.3 is 0 Å². The van der Waals surface area contributed by atoms with E-state index in [1.165, 1.54) is 26.1 Å². The van der Waals surface area contributed by atoms with Crippen molar-refractivity contribution in [3.63, 3.8) is 0 Å². The largest absolute Gasteiger partial charge is 0.330 e. The van der Waals surface area contributed by atoms with Gasteiger partial charge in [0.2, 0.25) is 0 Å². The molecule has 3 aromatic carbocycles. The predicted molar refractivity (Wildman–Crippen MR) is 87.3 cm³/mol. The van der Waals surface area contributed by atoms with E-state index in [-0.39, 0.29) is 0 Å². The van der Waals surface area contributed by atoms with Crippen molar-refractivity contribution in [1.29, 1.82) is 0 Å². The van der Waals surface area contributed by atoms with Gasteiger partial charge in [-0.2, -0.15) is 0 Å². The van der Waals surface area contributed by atoms with Gasteiger partial charge in [0, 0.05) is 9.79 Å². The molecule has 0 aliphatic heterocycles. The fourth-order valence-electron chi connectivity index (χ4n) is 2.26. The molecule has 3 aromatic rings. The fraction of sp³-hybridized carbons (Fsp3) is 0.111. The molecule has 2 heteroatoms. The van der Waals surface area contributed by atoms with Gasteiger partial charge in [0.15, 0.2) is 0 Å². The molecular weight excluding hydrogens is 262 g/mol. The molecular formula is C18H17NS. The Morgan fingerprint density at radius 1 is 0.750 bits per heavy atom. The van der Waals surface area contributed by atoms with E-state index >= 15 is 0 Å². The molecule has 1 nitrogen and oxygen atoms in total. The Labute approximate surface area is 123 Å². The van der Waals surface area contributed by atoms with E-state index in [4.69, 9.17) is 5.73 Å². The molecule has 0 aliphatic rings. The molecule has 0 saturated carbocycles. The number of hydrogen-bond donors (Lipinski definition) is 1. The summed E-state index contributed by atoms with van der Waals surface area (Å²) in [6, 6.07) is 23.7. The molecule has 0 fully saturated rings. The molecule has 0 saturated heterocycles. The predicted octanol–water partition coefficient (Wildman–Crippen LogP) is 4.49. The third-order valence-corrected chi connectivity index (χ3v) is 4.31. The highest BCUT2D eigenvalue weighted by Gasteiger charge is 2.00. The summed E-state index contributed by atoms with van der Waals surface area (Å²) in [6.45, 7) is 0.706. The van der Waals surface area contributed by atoms with Crippen LogP contribution in [-0.2, 0) is 6.42 Å². The van der Waals surface area contributed by atoms with Crippen LogP contribution in [0.1, 0.15) is 5.56 Å². The minimum Gasteiger partial charge on any atom is -0.330 e. The molecule has 100 valence electrons. The molecule has 3 rings (SSSR count). The molecule has 0 spiro atoms. The van der Waals surface area contributed by atoms with Crippen molar-refractivity contribution in [1.82, 2.24) is 0 Å². The first kappa shape index (κ1) is 13.2. The second-order valence-electron chi connectivity index (χ2n) is 4.79. The van der Waals surface area contributed by atoms with Gasteiger partial charge in [0.1, 0.15) is 0 Å². The maximum Gasteiger partial charge on any atom is 0.0128 e. The zero-order valence-electron chi connectivity index (χ0n) is 11.3. The Balaban J connectivity index is 1.81. The summed E-state index contributed by atoms with van der Waals surface area (Å²) >= 11 is 1.80. The van der Waals surface area contributed by atoms with E-state index in [0.717, 1.165) is 6.42 Å². The molecule has 0 amide bonds. The third-order valence-electron chi connectivity index (χ3n) is 3.31. The van der Waals surface area contributed by atoms with Gasteiger partial charge in [-0.1, -0.05) is 54.2 Å². The van der Waals surface area contributed by atoms with Gasteiger partial charge in [-0.25, -0.2) is 0 Å². The van der Waals surface area contributed by atoms with E-state index in [9.17, 15) is 0 Å². The summed E-state index contributed by atoms with van der Waals surface area (Å²) in [4.78, 5) is 2.54. The lowest BCUT2D eigenvalue weighted by Crippen LogP contribution is -2.02. The molecule has 0 bridgehead atoms. The molecule has 0 unspecified atom stereocenters. The second kappa shape index (κ2) is 6.12. The maximum atomic E-state index is 5.57. The first-order chi connectivity index (χ1) is 9.85. The normalized spacial score (nSPS) is 10.8. The van der Waals surface area contributed by atoms with Crippen molar-refractivity contribution in [2.75, 3.05) is 6.54 Å². The lowest BCUT2D eigenvalue weighted by molar-refractivity contribution is 0.966. The second-order valence-corrected chi connectivity index (χ2v) is 5.94. The van der Waals surface area contributed by atoms with Crippen LogP contribution in [0.4, 0.5) is 0 Å². The van der Waals surface area contributed by atoms with E-state index in [2.05, 4.69) is 66.7 Å². The Morgan fingerprint density at radius 2 is 1.45 bits per heavy atom. The van der Waals surface area contributed by atoms with Gasteiger partial charge < -0.3 is 5.73 Å². The number of benzene rings is 3. The van der Waals surface area contributed by atoms with E-state index in [1.807, 2.05) is 0 Å². The highest BCUT2D eigenvalue weighted by molar-refractivity contribution is 7.99. The lowest BCUT2D eigenvalue weighted by atomic mass is 10.1. The summed E-state index contributed by atoms with van der Waals surface area (Å²) in [6.07, 6.45) is 0.945. The number of nitrogens with two attached hydrogens (primary N) is 1. The fourth-order valence-corrected chi connectivity index (χ4v) is 3.12. The van der Waals surface area contributed by atoms with Crippen molar-refractivity contribution >= 4 is 22.5 Å². The average Bonchev–Trinajstić information content (AvgIpc) is 2.49. The van der Waals surface area contributed by atoms with Crippen LogP contribution in [0.15, 0.2) is 76.5 Å². The van der Waals surface area contributed by atoms with Gasteiger partial charge in [0.25, 0.3) is 0 Å². The first-order valence-corrected chi connectivity index (χ1v) is 7.62. The van der Waals surface area contributed by atoms with Crippen LogP contribution >= 0.6 is 11.8 Å². The van der Waals surface area contributed by atoms with Crippen molar-refractivity contribution in [2.45, 2.75) is 16.2 Å². The molecule has 0 atom stereocenters. The van der Waals surface area contributed by atoms with Crippen LogP contribution in [0.2, 0.25) is 0 Å². The molecule has 20 heavy (non-hydrogen) atoms. The average molecular weight is 279 g/mol. The zero-order valence-corrected chi connectivity index (χ0v) is 12.1. The molecule has 0 aromatic heterocycles. The van der Waals surface area contributed by atoms with Gasteiger partial charge in [-0.15, -0.1) is 0 Å². The summed E-state index contributed by atoms with van der Waals surface area (Å²) in [5.41, 5.74) is 6.87. The van der Waals surface area contributed by atoms with Crippen molar-refractivity contribution < 1.29 is 0 Å². The lowest BCUT2D eigenvalue weighted by Gasteiger charge is -2.05. The van der Waals surface area contributed by atoms with E-state index in [1.54, 1.807) is 11.8 Å². The minimum absolute atomic E-state index is 0.706. The van der Waals surface area contributed by atoms with E-state index in [0.29, 0.717) is 6.54 Å². The number of rotatable bonds is 4.